The number of allylic oxidation sites excluding steroid dienone is 3. The van der Waals surface area contributed by atoms with E-state index in [1.54, 1.807) is 20.2 Å². The van der Waals surface area contributed by atoms with Crippen LogP contribution in [-0.4, -0.2) is 50.7 Å². The van der Waals surface area contributed by atoms with Gasteiger partial charge in [0, 0.05) is 18.2 Å². The molecule has 0 bridgehead atoms. The number of rotatable bonds is 6. The van der Waals surface area contributed by atoms with Gasteiger partial charge in [-0.15, -0.1) is 5.10 Å². The van der Waals surface area contributed by atoms with Crippen molar-refractivity contribution in [2.24, 2.45) is 0 Å². The molecule has 0 saturated carbocycles. The number of nitrogens with zero attached hydrogens (tertiary/aromatic N) is 4. The molecule has 182 valence electrons. The van der Waals surface area contributed by atoms with Crippen LogP contribution in [0.4, 0.5) is 4.79 Å². The first-order valence-corrected chi connectivity index (χ1v) is 12.0. The highest BCUT2D eigenvalue weighted by Gasteiger charge is 2.29. The van der Waals surface area contributed by atoms with E-state index in [4.69, 9.17) is 4.74 Å². The van der Waals surface area contributed by atoms with Gasteiger partial charge in [-0.05, 0) is 56.7 Å². The lowest BCUT2D eigenvalue weighted by molar-refractivity contribution is 0.146. The molecule has 1 saturated heterocycles. The molecular formula is C28H32N4O3. The Bertz CT molecular complexity index is 1210. The van der Waals surface area contributed by atoms with Crippen LogP contribution in [0, 0.1) is 0 Å². The Labute approximate surface area is 206 Å². The first kappa shape index (κ1) is 24.3. The highest BCUT2D eigenvalue weighted by molar-refractivity contribution is 5.80. The molecule has 1 amide bonds. The Kier molecular flexibility index (Phi) is 7.65. The predicted molar refractivity (Wildman–Crippen MR) is 137 cm³/mol. The van der Waals surface area contributed by atoms with Crippen molar-refractivity contribution in [1.82, 2.24) is 19.9 Å². The molecule has 1 atom stereocenters. The largest absolute Gasteiger partial charge is 0.512 e. The highest BCUT2D eigenvalue weighted by atomic mass is 16.5. The number of aromatic nitrogens is 3. The van der Waals surface area contributed by atoms with Crippen molar-refractivity contribution < 1.29 is 14.6 Å². The van der Waals surface area contributed by atoms with Crippen LogP contribution < -0.4 is 0 Å². The van der Waals surface area contributed by atoms with Gasteiger partial charge in [-0.25, -0.2) is 4.79 Å². The number of piperidine rings is 1. The Balaban J connectivity index is 1.52. The maximum absolute atomic E-state index is 13.3. The normalized spacial score (nSPS) is 17.2. The van der Waals surface area contributed by atoms with Crippen LogP contribution in [0.3, 0.4) is 0 Å². The Morgan fingerprint density at radius 3 is 2.54 bits per heavy atom. The van der Waals surface area contributed by atoms with E-state index in [1.165, 1.54) is 10.4 Å². The average Bonchev–Trinajstić information content (AvgIpc) is 3.38. The third-order valence-electron chi connectivity index (χ3n) is 6.41. The van der Waals surface area contributed by atoms with Gasteiger partial charge < -0.3 is 14.7 Å². The van der Waals surface area contributed by atoms with E-state index in [9.17, 15) is 9.90 Å². The van der Waals surface area contributed by atoms with Crippen molar-refractivity contribution >= 4 is 11.6 Å². The maximum atomic E-state index is 13.3. The van der Waals surface area contributed by atoms with E-state index in [2.05, 4.69) is 22.3 Å². The average molecular weight is 473 g/mol. The van der Waals surface area contributed by atoms with Gasteiger partial charge in [-0.1, -0.05) is 59.4 Å². The Morgan fingerprint density at radius 2 is 1.89 bits per heavy atom. The van der Waals surface area contributed by atoms with E-state index in [0.717, 1.165) is 36.8 Å². The second-order valence-electron chi connectivity index (χ2n) is 8.73. The van der Waals surface area contributed by atoms with Crippen LogP contribution in [0.15, 0.2) is 78.4 Å². The van der Waals surface area contributed by atoms with Crippen LogP contribution in [0.25, 0.3) is 16.8 Å². The number of hydrogen-bond donors (Lipinski definition) is 1. The van der Waals surface area contributed by atoms with Crippen molar-refractivity contribution in [1.29, 1.82) is 0 Å². The fraction of sp³-hybridized carbons (Fsp3) is 0.321. The molecule has 0 radical (unpaired) electrons. The number of carbonyl (C=O) groups is 1. The zero-order valence-electron chi connectivity index (χ0n) is 20.5. The number of aliphatic hydroxyl groups is 1. The molecule has 0 spiro atoms. The fourth-order valence-electron chi connectivity index (χ4n) is 4.65. The lowest BCUT2D eigenvalue weighted by atomic mass is 9.96. The molecule has 7 heteroatoms. The third-order valence-corrected chi connectivity index (χ3v) is 6.41. The van der Waals surface area contributed by atoms with Crippen LogP contribution in [0.1, 0.15) is 44.2 Å². The molecule has 4 rings (SSSR count). The number of hydrogen-bond acceptors (Lipinski definition) is 5. The van der Waals surface area contributed by atoms with Gasteiger partial charge in [0.2, 0.25) is 0 Å². The molecule has 2 heterocycles. The minimum atomic E-state index is -0.188. The second-order valence-corrected chi connectivity index (χ2v) is 8.73. The van der Waals surface area contributed by atoms with Crippen LogP contribution in [0.5, 0.6) is 0 Å². The minimum absolute atomic E-state index is 0.140. The number of benzene rings is 2. The summed E-state index contributed by atoms with van der Waals surface area (Å²) < 4.78 is 5.40. The summed E-state index contributed by atoms with van der Waals surface area (Å²) in [4.78, 5) is 16.4. The number of amides is 1. The van der Waals surface area contributed by atoms with Gasteiger partial charge >= 0.3 is 6.03 Å². The molecule has 1 aliphatic heterocycles. The predicted octanol–water partition coefficient (Wildman–Crippen LogP) is 5.85. The summed E-state index contributed by atoms with van der Waals surface area (Å²) in [7, 11) is 1.58. The molecule has 1 aliphatic rings. The SMILES string of the molecule is C/C=C(OC)\C(=C(/C)O)c1ccc(-c2cnn(C(=O)N3CCCCC3Cc3ccccc3)n2)cc1. The summed E-state index contributed by atoms with van der Waals surface area (Å²) in [6, 6.07) is 17.8. The molecule has 2 aromatic carbocycles. The maximum Gasteiger partial charge on any atom is 0.362 e. The summed E-state index contributed by atoms with van der Waals surface area (Å²) in [5.74, 6) is 0.775. The van der Waals surface area contributed by atoms with Gasteiger partial charge in [-0.2, -0.15) is 5.10 Å². The van der Waals surface area contributed by atoms with E-state index < -0.39 is 0 Å². The number of carbonyl (C=O) groups excluding carboxylic acids is 1. The molecule has 35 heavy (non-hydrogen) atoms. The summed E-state index contributed by atoms with van der Waals surface area (Å²) >= 11 is 0. The van der Waals surface area contributed by atoms with Crippen molar-refractivity contribution in [2.75, 3.05) is 13.7 Å². The standard InChI is InChI=1S/C28H32N4O3/c1-4-26(35-3)27(20(2)33)23-15-13-22(14-16-23)25-19-29-32(30-25)28(34)31-17-9-8-12-24(31)18-21-10-6-5-7-11-21/h4-7,10-11,13-16,19,24,33H,8-9,12,17-18H2,1-3H3/b26-4+,27-20+. The molecule has 1 fully saturated rings. The van der Waals surface area contributed by atoms with Gasteiger partial charge in [0.15, 0.2) is 0 Å². The zero-order chi connectivity index (χ0) is 24.8. The second kappa shape index (κ2) is 11.0. The molecule has 0 aliphatic carbocycles. The van der Waals surface area contributed by atoms with E-state index >= 15 is 0 Å². The quantitative estimate of drug-likeness (QED) is 0.360. The molecular weight excluding hydrogens is 440 g/mol. The van der Waals surface area contributed by atoms with Gasteiger partial charge in [-0.3, -0.25) is 0 Å². The van der Waals surface area contributed by atoms with E-state index in [0.29, 0.717) is 23.6 Å². The first-order chi connectivity index (χ1) is 17.0. The van der Waals surface area contributed by atoms with Gasteiger partial charge in [0.05, 0.1) is 18.9 Å². The molecule has 1 N–H and O–H groups in total. The van der Waals surface area contributed by atoms with Gasteiger partial charge in [0.1, 0.15) is 17.2 Å². The Morgan fingerprint density at radius 1 is 1.14 bits per heavy atom. The third kappa shape index (κ3) is 5.45. The summed E-state index contributed by atoms with van der Waals surface area (Å²) in [6.07, 6.45) is 7.34. The molecule has 3 aromatic rings. The highest BCUT2D eigenvalue weighted by Crippen LogP contribution is 2.28. The topological polar surface area (TPSA) is 80.5 Å². The minimum Gasteiger partial charge on any atom is -0.512 e. The summed E-state index contributed by atoms with van der Waals surface area (Å²) in [5.41, 5.74) is 4.14. The van der Waals surface area contributed by atoms with E-state index in [-0.39, 0.29) is 17.8 Å². The van der Waals surface area contributed by atoms with Crippen LogP contribution in [-0.2, 0) is 11.2 Å². The van der Waals surface area contributed by atoms with Crippen molar-refractivity contribution in [3.8, 4) is 11.3 Å². The smallest absolute Gasteiger partial charge is 0.362 e. The van der Waals surface area contributed by atoms with Crippen LogP contribution >= 0.6 is 0 Å². The lowest BCUT2D eigenvalue weighted by Crippen LogP contribution is -2.47. The monoisotopic (exact) mass is 472 g/mol. The zero-order valence-corrected chi connectivity index (χ0v) is 20.5. The fourth-order valence-corrected chi connectivity index (χ4v) is 4.65. The van der Waals surface area contributed by atoms with Crippen molar-refractivity contribution in [3.63, 3.8) is 0 Å². The van der Waals surface area contributed by atoms with Crippen molar-refractivity contribution in [2.45, 2.75) is 45.6 Å². The molecule has 7 nitrogen and oxygen atoms in total. The number of likely N-dealkylation sites (tertiary alicyclic amines) is 1. The number of methoxy groups -OCH3 is 1. The van der Waals surface area contributed by atoms with Crippen molar-refractivity contribution in [3.05, 3.63) is 89.5 Å². The lowest BCUT2D eigenvalue weighted by Gasteiger charge is -2.35. The number of ether oxygens (including phenoxy) is 1. The summed E-state index contributed by atoms with van der Waals surface area (Å²) in [5, 5.41) is 19.0. The summed E-state index contributed by atoms with van der Waals surface area (Å²) in [6.45, 7) is 4.21. The molecule has 1 aromatic heterocycles. The Hall–Kier alpha value is -3.87. The first-order valence-electron chi connectivity index (χ1n) is 12.0. The molecule has 1 unspecified atom stereocenters. The van der Waals surface area contributed by atoms with Crippen LogP contribution in [0.2, 0.25) is 0 Å². The van der Waals surface area contributed by atoms with E-state index in [1.807, 2.05) is 60.4 Å². The van der Waals surface area contributed by atoms with Gasteiger partial charge in [0.25, 0.3) is 0 Å². The number of aliphatic hydroxyl groups excluding tert-OH is 1.